The lowest BCUT2D eigenvalue weighted by Crippen LogP contribution is -2.55. The molecule has 30 heavy (non-hydrogen) atoms. The third-order valence-electron chi connectivity index (χ3n) is 5.74. The maximum absolute atomic E-state index is 12.9. The first-order chi connectivity index (χ1) is 14.5. The number of carbonyl (C=O) groups excluding carboxylic acids is 1. The van der Waals surface area contributed by atoms with Crippen LogP contribution in [0, 0.1) is 0 Å². The van der Waals surface area contributed by atoms with Crippen LogP contribution in [0.5, 0.6) is 11.5 Å². The van der Waals surface area contributed by atoms with E-state index in [1.54, 1.807) is 27.4 Å². The van der Waals surface area contributed by atoms with Crippen molar-refractivity contribution < 1.29 is 22.7 Å². The molecule has 0 bridgehead atoms. The van der Waals surface area contributed by atoms with Crippen molar-refractivity contribution in [2.75, 3.05) is 57.8 Å². The standard InChI is InChI=1S/C20H30N4O5S/c25-20(21-17-6-7-18-19(16-17)29-15-5-14-28-18)22-10-12-24(13-11-22)30(26,27)23-8-3-1-2-4-9-23/h6-7,16H,1-5,8-15H2,(H,21,25). The Labute approximate surface area is 178 Å². The fraction of sp³-hybridized carbons (Fsp3) is 0.650. The van der Waals surface area contributed by atoms with Crippen molar-refractivity contribution >= 4 is 21.9 Å². The summed E-state index contributed by atoms with van der Waals surface area (Å²) in [7, 11) is -3.45. The minimum Gasteiger partial charge on any atom is -0.490 e. The number of ether oxygens (including phenoxy) is 2. The summed E-state index contributed by atoms with van der Waals surface area (Å²) >= 11 is 0. The number of rotatable bonds is 3. The van der Waals surface area contributed by atoms with Crippen molar-refractivity contribution in [3.05, 3.63) is 18.2 Å². The minimum atomic E-state index is -3.45. The molecule has 9 nitrogen and oxygen atoms in total. The summed E-state index contributed by atoms with van der Waals surface area (Å²) in [6, 6.07) is 5.10. The fourth-order valence-electron chi connectivity index (χ4n) is 4.00. The Balaban J connectivity index is 1.32. The lowest BCUT2D eigenvalue weighted by molar-refractivity contribution is 0.180. The molecule has 1 aromatic carbocycles. The van der Waals surface area contributed by atoms with Gasteiger partial charge < -0.3 is 19.7 Å². The van der Waals surface area contributed by atoms with Gasteiger partial charge in [0.2, 0.25) is 0 Å². The van der Waals surface area contributed by atoms with Crippen molar-refractivity contribution in [3.8, 4) is 11.5 Å². The van der Waals surface area contributed by atoms with E-state index in [1.165, 1.54) is 4.31 Å². The number of nitrogens with one attached hydrogen (secondary N) is 1. The SMILES string of the molecule is O=C(Nc1ccc2c(c1)OCCCO2)N1CCN(S(=O)(=O)N2CCCCCC2)CC1. The molecule has 2 fully saturated rings. The average Bonchev–Trinajstić information content (AvgIpc) is 3.17. The maximum atomic E-state index is 12.9. The summed E-state index contributed by atoms with van der Waals surface area (Å²) < 4.78 is 40.3. The second kappa shape index (κ2) is 9.40. The summed E-state index contributed by atoms with van der Waals surface area (Å²) in [6.07, 6.45) is 4.81. The van der Waals surface area contributed by atoms with Gasteiger partial charge in [0.15, 0.2) is 11.5 Å². The zero-order chi connectivity index (χ0) is 21.0. The number of anilines is 1. The quantitative estimate of drug-likeness (QED) is 0.781. The molecule has 2 saturated heterocycles. The molecule has 0 unspecified atom stereocenters. The molecule has 2 amide bonds. The van der Waals surface area contributed by atoms with Gasteiger partial charge in [0, 0.05) is 57.4 Å². The van der Waals surface area contributed by atoms with Crippen LogP contribution in [0.25, 0.3) is 0 Å². The molecule has 3 aliphatic heterocycles. The minimum absolute atomic E-state index is 0.240. The highest BCUT2D eigenvalue weighted by Crippen LogP contribution is 2.32. The second-order valence-corrected chi connectivity index (χ2v) is 9.78. The highest BCUT2D eigenvalue weighted by molar-refractivity contribution is 7.86. The molecule has 1 aromatic rings. The fourth-order valence-corrected chi connectivity index (χ4v) is 5.67. The van der Waals surface area contributed by atoms with Crippen molar-refractivity contribution in [1.82, 2.24) is 13.5 Å². The first kappa shape index (κ1) is 21.2. The van der Waals surface area contributed by atoms with Crippen LogP contribution in [-0.4, -0.2) is 80.4 Å². The summed E-state index contributed by atoms with van der Waals surface area (Å²) in [4.78, 5) is 14.3. The molecular weight excluding hydrogens is 408 g/mol. The first-order valence-corrected chi connectivity index (χ1v) is 12.1. The number of hydrogen-bond donors (Lipinski definition) is 1. The van der Waals surface area contributed by atoms with Gasteiger partial charge in [-0.05, 0) is 25.0 Å². The monoisotopic (exact) mass is 438 g/mol. The van der Waals surface area contributed by atoms with Crippen LogP contribution in [0.2, 0.25) is 0 Å². The van der Waals surface area contributed by atoms with Gasteiger partial charge in [-0.15, -0.1) is 0 Å². The van der Waals surface area contributed by atoms with Crippen molar-refractivity contribution in [3.63, 3.8) is 0 Å². The molecule has 0 spiro atoms. The lowest BCUT2D eigenvalue weighted by atomic mass is 10.2. The third kappa shape index (κ3) is 4.81. The Morgan fingerprint density at radius 1 is 0.800 bits per heavy atom. The smallest absolute Gasteiger partial charge is 0.321 e. The van der Waals surface area contributed by atoms with Crippen molar-refractivity contribution in [2.45, 2.75) is 32.1 Å². The normalized spacial score (nSPS) is 21.5. The summed E-state index contributed by atoms with van der Waals surface area (Å²) in [5.74, 6) is 1.30. The number of amides is 2. The molecule has 10 heteroatoms. The van der Waals surface area contributed by atoms with E-state index in [2.05, 4.69) is 5.32 Å². The van der Waals surface area contributed by atoms with Gasteiger partial charge >= 0.3 is 6.03 Å². The molecule has 4 rings (SSSR count). The van der Waals surface area contributed by atoms with Gasteiger partial charge in [0.05, 0.1) is 13.2 Å². The number of urea groups is 1. The Morgan fingerprint density at radius 3 is 2.13 bits per heavy atom. The average molecular weight is 439 g/mol. The van der Waals surface area contributed by atoms with E-state index in [9.17, 15) is 13.2 Å². The zero-order valence-electron chi connectivity index (χ0n) is 17.2. The third-order valence-corrected chi connectivity index (χ3v) is 7.78. The molecule has 3 heterocycles. The number of benzene rings is 1. The maximum Gasteiger partial charge on any atom is 0.321 e. The van der Waals surface area contributed by atoms with Gasteiger partial charge in [0.1, 0.15) is 0 Å². The van der Waals surface area contributed by atoms with E-state index in [4.69, 9.17) is 9.47 Å². The van der Waals surface area contributed by atoms with Crippen LogP contribution in [-0.2, 0) is 10.2 Å². The molecule has 0 radical (unpaired) electrons. The molecule has 0 aromatic heterocycles. The largest absolute Gasteiger partial charge is 0.490 e. The number of carbonyl (C=O) groups is 1. The van der Waals surface area contributed by atoms with Gasteiger partial charge in [0.25, 0.3) is 10.2 Å². The predicted octanol–water partition coefficient (Wildman–Crippen LogP) is 2.12. The Kier molecular flexibility index (Phi) is 6.64. The van der Waals surface area contributed by atoms with Crippen LogP contribution in [0.4, 0.5) is 10.5 Å². The predicted molar refractivity (Wildman–Crippen MR) is 113 cm³/mol. The van der Waals surface area contributed by atoms with Crippen molar-refractivity contribution in [2.24, 2.45) is 0 Å². The number of fused-ring (bicyclic) bond motifs is 1. The topological polar surface area (TPSA) is 91.4 Å². The van der Waals surface area contributed by atoms with Gasteiger partial charge in [-0.3, -0.25) is 0 Å². The molecule has 3 aliphatic rings. The van der Waals surface area contributed by atoms with Crippen LogP contribution < -0.4 is 14.8 Å². The van der Waals surface area contributed by atoms with Crippen LogP contribution in [0.1, 0.15) is 32.1 Å². The highest BCUT2D eigenvalue weighted by atomic mass is 32.2. The van der Waals surface area contributed by atoms with E-state index in [0.29, 0.717) is 69.7 Å². The van der Waals surface area contributed by atoms with Crippen LogP contribution in [0.3, 0.4) is 0 Å². The first-order valence-electron chi connectivity index (χ1n) is 10.7. The van der Waals surface area contributed by atoms with E-state index in [0.717, 1.165) is 32.1 Å². The van der Waals surface area contributed by atoms with Crippen molar-refractivity contribution in [1.29, 1.82) is 0 Å². The molecule has 0 aliphatic carbocycles. The van der Waals surface area contributed by atoms with Crippen LogP contribution >= 0.6 is 0 Å². The molecular formula is C20H30N4O5S. The number of hydrogen-bond acceptors (Lipinski definition) is 5. The molecule has 0 saturated carbocycles. The molecule has 1 N–H and O–H groups in total. The molecule has 0 atom stereocenters. The van der Waals surface area contributed by atoms with Gasteiger partial charge in [-0.25, -0.2) is 4.79 Å². The van der Waals surface area contributed by atoms with Gasteiger partial charge in [-0.1, -0.05) is 12.8 Å². The Morgan fingerprint density at radius 2 is 1.43 bits per heavy atom. The van der Waals surface area contributed by atoms with E-state index in [1.807, 2.05) is 0 Å². The summed E-state index contributed by atoms with van der Waals surface area (Å²) in [5.41, 5.74) is 0.629. The second-order valence-electron chi connectivity index (χ2n) is 7.85. The number of nitrogens with zero attached hydrogens (tertiary/aromatic N) is 3. The lowest BCUT2D eigenvalue weighted by Gasteiger charge is -2.36. The van der Waals surface area contributed by atoms with E-state index >= 15 is 0 Å². The zero-order valence-corrected chi connectivity index (χ0v) is 18.0. The number of piperazine rings is 1. The highest BCUT2D eigenvalue weighted by Gasteiger charge is 2.33. The summed E-state index contributed by atoms with van der Waals surface area (Å²) in [5, 5.41) is 2.88. The van der Waals surface area contributed by atoms with E-state index < -0.39 is 10.2 Å². The molecule has 166 valence electrons. The van der Waals surface area contributed by atoms with Gasteiger partial charge in [-0.2, -0.15) is 17.0 Å². The van der Waals surface area contributed by atoms with E-state index in [-0.39, 0.29) is 6.03 Å². The summed E-state index contributed by atoms with van der Waals surface area (Å²) in [6.45, 7) is 3.73. The Bertz CT molecular complexity index is 847. The van der Waals surface area contributed by atoms with Crippen LogP contribution in [0.15, 0.2) is 18.2 Å². The Hall–Kier alpha value is -2.04.